The molecule has 2 aromatic heterocycles. The number of nitrogens with one attached hydrogen (secondary N) is 1. The fourth-order valence-electron chi connectivity index (χ4n) is 3.00. The van der Waals surface area contributed by atoms with Gasteiger partial charge in [-0.05, 0) is 49.9 Å². The van der Waals surface area contributed by atoms with Crippen molar-refractivity contribution in [3.05, 3.63) is 59.5 Å². The summed E-state index contributed by atoms with van der Waals surface area (Å²) in [6.07, 6.45) is 3.12. The predicted molar refractivity (Wildman–Crippen MR) is 89.7 cm³/mol. The van der Waals surface area contributed by atoms with E-state index in [2.05, 4.69) is 10.5 Å². The first-order valence-electron chi connectivity index (χ1n) is 7.99. The number of anilines is 1. The van der Waals surface area contributed by atoms with Gasteiger partial charge in [-0.3, -0.25) is 4.79 Å². The summed E-state index contributed by atoms with van der Waals surface area (Å²) in [6, 6.07) is 11.4. The summed E-state index contributed by atoms with van der Waals surface area (Å²) in [5, 5.41) is 7.20. The highest BCUT2D eigenvalue weighted by Crippen LogP contribution is 2.49. The monoisotopic (exact) mass is 322 g/mol. The second-order valence-electron chi connectivity index (χ2n) is 6.36. The van der Waals surface area contributed by atoms with Gasteiger partial charge in [0.25, 0.3) is 0 Å². The van der Waals surface area contributed by atoms with Crippen LogP contribution < -0.4 is 5.32 Å². The number of hydrogen-bond donors (Lipinski definition) is 1. The van der Waals surface area contributed by atoms with Crippen LogP contribution >= 0.6 is 0 Å². The molecule has 0 radical (unpaired) electrons. The maximum Gasteiger partial charge on any atom is 0.236 e. The first-order valence-corrected chi connectivity index (χ1v) is 7.99. The van der Waals surface area contributed by atoms with E-state index in [1.165, 1.54) is 0 Å². The number of aromatic nitrogens is 1. The van der Waals surface area contributed by atoms with Crippen LogP contribution in [0.5, 0.6) is 0 Å². The van der Waals surface area contributed by atoms with Crippen LogP contribution in [0.3, 0.4) is 0 Å². The molecule has 1 saturated carbocycles. The second-order valence-corrected chi connectivity index (χ2v) is 6.36. The number of aryl methyl sites for hydroxylation is 2. The van der Waals surface area contributed by atoms with Crippen LogP contribution in [0.4, 0.5) is 5.69 Å². The van der Waals surface area contributed by atoms with Crippen LogP contribution in [-0.2, 0) is 10.2 Å². The molecule has 1 aliphatic rings. The summed E-state index contributed by atoms with van der Waals surface area (Å²) < 4.78 is 10.7. The molecule has 0 bridgehead atoms. The van der Waals surface area contributed by atoms with Crippen molar-refractivity contribution >= 4 is 11.6 Å². The van der Waals surface area contributed by atoms with Gasteiger partial charge < -0.3 is 14.3 Å². The Hall–Kier alpha value is -2.82. The number of rotatable bonds is 4. The van der Waals surface area contributed by atoms with Gasteiger partial charge in [-0.1, -0.05) is 23.4 Å². The molecule has 1 N–H and O–H groups in total. The molecule has 0 unspecified atom stereocenters. The van der Waals surface area contributed by atoms with E-state index in [0.29, 0.717) is 17.2 Å². The Labute approximate surface area is 139 Å². The van der Waals surface area contributed by atoms with Gasteiger partial charge in [-0.2, -0.15) is 0 Å². The van der Waals surface area contributed by atoms with Crippen molar-refractivity contribution in [3.63, 3.8) is 0 Å². The quantitative estimate of drug-likeness (QED) is 0.781. The first-order chi connectivity index (χ1) is 11.6. The van der Waals surface area contributed by atoms with Gasteiger partial charge in [0, 0.05) is 11.8 Å². The molecule has 3 aromatic rings. The first kappa shape index (κ1) is 14.8. The van der Waals surface area contributed by atoms with E-state index in [1.54, 1.807) is 24.5 Å². The van der Waals surface area contributed by atoms with Crippen LogP contribution in [0, 0.1) is 13.8 Å². The third-order valence-electron chi connectivity index (χ3n) is 4.67. The molecule has 1 fully saturated rings. The number of hydrogen-bond acceptors (Lipinski definition) is 4. The van der Waals surface area contributed by atoms with Gasteiger partial charge in [0.2, 0.25) is 11.7 Å². The Bertz CT molecular complexity index is 869. The van der Waals surface area contributed by atoms with E-state index in [1.807, 2.05) is 32.0 Å². The lowest BCUT2D eigenvalue weighted by molar-refractivity contribution is -0.118. The molecule has 122 valence electrons. The highest BCUT2D eigenvalue weighted by Gasteiger charge is 2.54. The molecule has 0 saturated heterocycles. The van der Waals surface area contributed by atoms with E-state index in [4.69, 9.17) is 8.94 Å². The Morgan fingerprint density at radius 2 is 1.88 bits per heavy atom. The molecule has 5 nitrogen and oxygen atoms in total. The maximum atomic E-state index is 12.9. The van der Waals surface area contributed by atoms with Crippen LogP contribution in [0.2, 0.25) is 0 Å². The highest BCUT2D eigenvalue weighted by atomic mass is 16.5. The zero-order valence-corrected chi connectivity index (χ0v) is 13.6. The molecule has 1 aromatic carbocycles. The van der Waals surface area contributed by atoms with Gasteiger partial charge in [0.15, 0.2) is 5.76 Å². The van der Waals surface area contributed by atoms with Gasteiger partial charge in [0.05, 0.1) is 17.4 Å². The number of amides is 1. The van der Waals surface area contributed by atoms with Crippen LogP contribution in [0.15, 0.2) is 51.6 Å². The van der Waals surface area contributed by atoms with E-state index in [0.717, 1.165) is 29.7 Å². The Morgan fingerprint density at radius 3 is 2.50 bits per heavy atom. The molecular weight excluding hydrogens is 304 g/mol. The van der Waals surface area contributed by atoms with Crippen LogP contribution in [0.25, 0.3) is 11.5 Å². The van der Waals surface area contributed by atoms with Crippen molar-refractivity contribution in [1.82, 2.24) is 5.16 Å². The standard InChI is InChI=1S/C19H18N2O3/c1-12-5-3-6-13(2)17(12)20-18(22)19(8-9-19)16-11-15(24-21-16)14-7-4-10-23-14/h3-7,10-11H,8-9H2,1-2H3,(H,20,22). The number of carbonyl (C=O) groups is 1. The number of carbonyl (C=O) groups excluding carboxylic acids is 1. The Balaban J connectivity index is 1.60. The highest BCUT2D eigenvalue weighted by molar-refractivity contribution is 6.02. The minimum absolute atomic E-state index is 0.0285. The van der Waals surface area contributed by atoms with Crippen molar-refractivity contribution in [3.8, 4) is 11.5 Å². The average molecular weight is 322 g/mol. The summed E-state index contributed by atoms with van der Waals surface area (Å²) in [7, 11) is 0. The summed E-state index contributed by atoms with van der Waals surface area (Å²) in [6.45, 7) is 3.99. The third kappa shape index (κ3) is 2.33. The van der Waals surface area contributed by atoms with Gasteiger partial charge >= 0.3 is 0 Å². The lowest BCUT2D eigenvalue weighted by atomic mass is 10.00. The summed E-state index contributed by atoms with van der Waals surface area (Å²) >= 11 is 0. The summed E-state index contributed by atoms with van der Waals surface area (Å²) in [5.74, 6) is 1.13. The van der Waals surface area contributed by atoms with Crippen molar-refractivity contribution in [2.75, 3.05) is 5.32 Å². The molecule has 5 heteroatoms. The van der Waals surface area contributed by atoms with Gasteiger partial charge in [-0.15, -0.1) is 0 Å². The van der Waals surface area contributed by atoms with Crippen LogP contribution in [-0.4, -0.2) is 11.1 Å². The minimum Gasteiger partial charge on any atom is -0.461 e. The topological polar surface area (TPSA) is 68.3 Å². The number of furan rings is 1. The predicted octanol–water partition coefficient (Wildman–Crippen LogP) is 4.22. The van der Waals surface area contributed by atoms with Crippen molar-refractivity contribution < 1.29 is 13.7 Å². The molecule has 1 amide bonds. The molecule has 0 spiro atoms. The molecular formula is C19H18N2O3. The fraction of sp³-hybridized carbons (Fsp3) is 0.263. The lowest BCUT2D eigenvalue weighted by Gasteiger charge is -2.16. The molecule has 0 atom stereocenters. The van der Waals surface area contributed by atoms with E-state index < -0.39 is 5.41 Å². The summed E-state index contributed by atoms with van der Waals surface area (Å²) in [4.78, 5) is 12.9. The average Bonchev–Trinajstić information content (AvgIpc) is 3.00. The van der Waals surface area contributed by atoms with Crippen molar-refractivity contribution in [2.45, 2.75) is 32.1 Å². The third-order valence-corrected chi connectivity index (χ3v) is 4.67. The SMILES string of the molecule is Cc1cccc(C)c1NC(=O)C1(c2cc(-c3ccco3)on2)CC1. The van der Waals surface area contributed by atoms with E-state index in [-0.39, 0.29) is 5.91 Å². The lowest BCUT2D eigenvalue weighted by Crippen LogP contribution is -2.28. The van der Waals surface area contributed by atoms with Gasteiger partial charge in [0.1, 0.15) is 0 Å². The fourth-order valence-corrected chi connectivity index (χ4v) is 3.00. The molecule has 4 rings (SSSR count). The zero-order valence-electron chi connectivity index (χ0n) is 13.6. The zero-order chi connectivity index (χ0) is 16.7. The van der Waals surface area contributed by atoms with Crippen LogP contribution in [0.1, 0.15) is 29.7 Å². The summed E-state index contributed by atoms with van der Waals surface area (Å²) in [5.41, 5.74) is 3.05. The number of benzene rings is 1. The molecule has 1 aliphatic carbocycles. The van der Waals surface area contributed by atoms with Crippen molar-refractivity contribution in [2.24, 2.45) is 0 Å². The molecule has 2 heterocycles. The number of para-hydroxylation sites is 1. The van der Waals surface area contributed by atoms with Gasteiger partial charge in [-0.25, -0.2) is 0 Å². The van der Waals surface area contributed by atoms with Crippen molar-refractivity contribution in [1.29, 1.82) is 0 Å². The van der Waals surface area contributed by atoms with E-state index >= 15 is 0 Å². The Morgan fingerprint density at radius 1 is 1.12 bits per heavy atom. The smallest absolute Gasteiger partial charge is 0.236 e. The Kier molecular flexibility index (Phi) is 3.30. The minimum atomic E-state index is -0.594. The normalized spacial score (nSPS) is 15.2. The maximum absolute atomic E-state index is 12.9. The largest absolute Gasteiger partial charge is 0.461 e. The second kappa shape index (κ2) is 5.37. The molecule has 0 aliphatic heterocycles. The molecule has 24 heavy (non-hydrogen) atoms. The number of nitrogens with zero attached hydrogens (tertiary/aromatic N) is 1. The van der Waals surface area contributed by atoms with E-state index in [9.17, 15) is 4.79 Å².